The second-order valence-corrected chi connectivity index (χ2v) is 4.39. The van der Waals surface area contributed by atoms with E-state index in [1.807, 2.05) is 0 Å². The molecule has 70 valence electrons. The first-order chi connectivity index (χ1) is 5.81. The van der Waals surface area contributed by atoms with Crippen LogP contribution in [0, 0.1) is 5.92 Å². The van der Waals surface area contributed by atoms with Gasteiger partial charge in [0.1, 0.15) is 0 Å². The van der Waals surface area contributed by atoms with E-state index in [2.05, 4.69) is 11.8 Å². The van der Waals surface area contributed by atoms with Crippen LogP contribution in [0.25, 0.3) is 0 Å². The van der Waals surface area contributed by atoms with Crippen molar-refractivity contribution in [2.24, 2.45) is 11.7 Å². The van der Waals surface area contributed by atoms with Gasteiger partial charge in [-0.15, -0.1) is 0 Å². The fourth-order valence-corrected chi connectivity index (χ4v) is 2.56. The number of hydrogen-bond donors (Lipinski definition) is 1. The Hall–Kier alpha value is -0.0800. The van der Waals surface area contributed by atoms with Crippen molar-refractivity contribution < 1.29 is 0 Å². The van der Waals surface area contributed by atoms with Gasteiger partial charge < -0.3 is 5.73 Å². The summed E-state index contributed by atoms with van der Waals surface area (Å²) >= 11 is 0. The molecule has 2 fully saturated rings. The van der Waals surface area contributed by atoms with Crippen LogP contribution in [0.1, 0.15) is 32.6 Å². The van der Waals surface area contributed by atoms with E-state index in [9.17, 15) is 0 Å². The number of likely N-dealkylation sites (tertiary alicyclic amines) is 1. The van der Waals surface area contributed by atoms with Gasteiger partial charge >= 0.3 is 0 Å². The summed E-state index contributed by atoms with van der Waals surface area (Å²) in [4.78, 5) is 2.59. The van der Waals surface area contributed by atoms with Gasteiger partial charge in [0, 0.05) is 25.2 Å². The van der Waals surface area contributed by atoms with Gasteiger partial charge in [0.2, 0.25) is 0 Å². The highest BCUT2D eigenvalue weighted by Crippen LogP contribution is 2.29. The van der Waals surface area contributed by atoms with Crippen LogP contribution in [0.5, 0.6) is 0 Å². The van der Waals surface area contributed by atoms with E-state index in [4.69, 9.17) is 5.73 Å². The molecule has 0 spiro atoms. The van der Waals surface area contributed by atoms with E-state index in [-0.39, 0.29) is 0 Å². The minimum atomic E-state index is 0.475. The summed E-state index contributed by atoms with van der Waals surface area (Å²) in [5, 5.41) is 0. The molecule has 2 atom stereocenters. The highest BCUT2D eigenvalue weighted by atomic mass is 15.2. The van der Waals surface area contributed by atoms with Gasteiger partial charge in [-0.1, -0.05) is 19.8 Å². The first-order valence-electron chi connectivity index (χ1n) is 5.31. The maximum absolute atomic E-state index is 6.03. The van der Waals surface area contributed by atoms with Crippen LogP contribution in [0.2, 0.25) is 0 Å². The third kappa shape index (κ3) is 1.38. The molecule has 0 aromatic carbocycles. The van der Waals surface area contributed by atoms with Gasteiger partial charge in [0.15, 0.2) is 0 Å². The zero-order chi connectivity index (χ0) is 8.55. The maximum Gasteiger partial charge on any atom is 0.0247 e. The smallest absolute Gasteiger partial charge is 0.0247 e. The molecule has 1 saturated carbocycles. The van der Waals surface area contributed by atoms with E-state index in [1.165, 1.54) is 38.8 Å². The molecule has 1 aliphatic heterocycles. The summed E-state index contributed by atoms with van der Waals surface area (Å²) < 4.78 is 0. The molecule has 12 heavy (non-hydrogen) atoms. The fourth-order valence-electron chi connectivity index (χ4n) is 2.56. The lowest BCUT2D eigenvalue weighted by molar-refractivity contribution is 0.0468. The molecular weight excluding hydrogens is 148 g/mol. The third-order valence-corrected chi connectivity index (χ3v) is 3.56. The van der Waals surface area contributed by atoms with Gasteiger partial charge in [-0.25, -0.2) is 0 Å². The normalized spacial score (nSPS) is 38.5. The Morgan fingerprint density at radius 2 is 2.08 bits per heavy atom. The van der Waals surface area contributed by atoms with Crippen LogP contribution in [0.3, 0.4) is 0 Å². The zero-order valence-electron chi connectivity index (χ0n) is 8.00. The van der Waals surface area contributed by atoms with Crippen LogP contribution in [-0.2, 0) is 0 Å². The average Bonchev–Trinajstić information content (AvgIpc) is 2.35. The van der Waals surface area contributed by atoms with Crippen LogP contribution in [0.15, 0.2) is 0 Å². The van der Waals surface area contributed by atoms with Gasteiger partial charge in [-0.3, -0.25) is 4.90 Å². The quantitative estimate of drug-likeness (QED) is 0.671. The van der Waals surface area contributed by atoms with E-state index >= 15 is 0 Å². The molecule has 1 aliphatic carbocycles. The minimum absolute atomic E-state index is 0.475. The largest absolute Gasteiger partial charge is 0.326 e. The van der Waals surface area contributed by atoms with Gasteiger partial charge in [-0.2, -0.15) is 0 Å². The number of rotatable bonds is 2. The van der Waals surface area contributed by atoms with Crippen molar-refractivity contribution in [2.75, 3.05) is 13.1 Å². The lowest BCUT2D eigenvalue weighted by atomic mass is 9.94. The van der Waals surface area contributed by atoms with E-state index in [0.717, 1.165) is 12.0 Å². The van der Waals surface area contributed by atoms with Crippen molar-refractivity contribution in [3.63, 3.8) is 0 Å². The monoisotopic (exact) mass is 168 g/mol. The lowest BCUT2D eigenvalue weighted by Crippen LogP contribution is -2.55. The number of hydrogen-bond acceptors (Lipinski definition) is 2. The highest BCUT2D eigenvalue weighted by molar-refractivity contribution is 4.93. The molecule has 2 unspecified atom stereocenters. The minimum Gasteiger partial charge on any atom is -0.326 e. The van der Waals surface area contributed by atoms with Crippen molar-refractivity contribution >= 4 is 0 Å². The molecule has 2 heteroatoms. The Morgan fingerprint density at radius 1 is 1.33 bits per heavy atom. The topological polar surface area (TPSA) is 29.3 Å². The molecule has 2 nitrogen and oxygen atoms in total. The van der Waals surface area contributed by atoms with E-state index < -0.39 is 0 Å². The van der Waals surface area contributed by atoms with Gasteiger partial charge in [0.05, 0.1) is 0 Å². The number of nitrogens with zero attached hydrogens (tertiary/aromatic N) is 1. The average molecular weight is 168 g/mol. The predicted molar refractivity (Wildman–Crippen MR) is 51.0 cm³/mol. The molecule has 1 saturated heterocycles. The molecule has 2 N–H and O–H groups in total. The second-order valence-electron chi connectivity index (χ2n) is 4.39. The van der Waals surface area contributed by atoms with Crippen LogP contribution < -0.4 is 5.73 Å². The van der Waals surface area contributed by atoms with E-state index in [1.54, 1.807) is 0 Å². The summed E-state index contributed by atoms with van der Waals surface area (Å²) in [5.74, 6) is 0.970. The Bertz CT molecular complexity index is 152. The van der Waals surface area contributed by atoms with Gasteiger partial charge in [0.25, 0.3) is 0 Å². The van der Waals surface area contributed by atoms with E-state index in [0.29, 0.717) is 6.04 Å². The molecule has 0 aromatic rings. The molecule has 0 aromatic heterocycles. The molecule has 0 bridgehead atoms. The zero-order valence-corrected chi connectivity index (χ0v) is 8.00. The summed E-state index contributed by atoms with van der Waals surface area (Å²) in [6, 6.07) is 1.20. The predicted octanol–water partition coefficient (Wildman–Crippen LogP) is 1.21. The van der Waals surface area contributed by atoms with Crippen LogP contribution in [0.4, 0.5) is 0 Å². The van der Waals surface area contributed by atoms with Crippen molar-refractivity contribution in [1.29, 1.82) is 0 Å². The Kier molecular flexibility index (Phi) is 2.37. The Balaban J connectivity index is 1.79. The molecule has 0 amide bonds. The molecule has 1 heterocycles. The second kappa shape index (κ2) is 3.35. The van der Waals surface area contributed by atoms with Crippen molar-refractivity contribution in [3.05, 3.63) is 0 Å². The summed E-state index contributed by atoms with van der Waals surface area (Å²) in [6.07, 6.45) is 5.28. The molecule has 2 aliphatic rings. The highest BCUT2D eigenvalue weighted by Gasteiger charge is 2.36. The molecular formula is C10H20N2. The standard InChI is InChI=1S/C10H20N2/c1-2-8-6-12(7-8)10-5-3-4-9(10)11/h8-10H,2-7,11H2,1H3. The summed E-state index contributed by atoms with van der Waals surface area (Å²) in [6.45, 7) is 4.92. The van der Waals surface area contributed by atoms with Crippen molar-refractivity contribution in [2.45, 2.75) is 44.7 Å². The SMILES string of the molecule is CCC1CN(C2CCCC2N)C1. The fraction of sp³-hybridized carbons (Fsp3) is 1.00. The maximum atomic E-state index is 6.03. The first kappa shape index (κ1) is 8.52. The summed E-state index contributed by atoms with van der Waals surface area (Å²) in [5.41, 5.74) is 6.03. The molecule has 2 rings (SSSR count). The van der Waals surface area contributed by atoms with Crippen LogP contribution >= 0.6 is 0 Å². The lowest BCUT2D eigenvalue weighted by Gasteiger charge is -2.44. The Morgan fingerprint density at radius 3 is 2.58 bits per heavy atom. The van der Waals surface area contributed by atoms with Crippen LogP contribution in [-0.4, -0.2) is 30.1 Å². The molecule has 0 radical (unpaired) electrons. The first-order valence-corrected chi connectivity index (χ1v) is 5.31. The van der Waals surface area contributed by atoms with Gasteiger partial charge in [-0.05, 0) is 18.8 Å². The summed E-state index contributed by atoms with van der Waals surface area (Å²) in [7, 11) is 0. The third-order valence-electron chi connectivity index (χ3n) is 3.56. The Labute approximate surface area is 75.1 Å². The van der Waals surface area contributed by atoms with Crippen molar-refractivity contribution in [1.82, 2.24) is 4.90 Å². The number of nitrogens with two attached hydrogens (primary N) is 1. The van der Waals surface area contributed by atoms with Crippen molar-refractivity contribution in [3.8, 4) is 0 Å².